The summed E-state index contributed by atoms with van der Waals surface area (Å²) < 4.78 is 11.4. The number of aliphatic hydroxyl groups is 1. The van der Waals surface area contributed by atoms with E-state index in [1.54, 1.807) is 29.4 Å². The van der Waals surface area contributed by atoms with E-state index in [9.17, 15) is 9.90 Å². The molecule has 0 saturated carbocycles. The number of morpholine rings is 1. The fourth-order valence-electron chi connectivity index (χ4n) is 3.06. The summed E-state index contributed by atoms with van der Waals surface area (Å²) in [4.78, 5) is 18.2. The Kier molecular flexibility index (Phi) is 5.85. The third-order valence-electron chi connectivity index (χ3n) is 4.53. The average molecular weight is 356 g/mol. The number of hydrogen-bond acceptors (Lipinski definition) is 5. The first kappa shape index (κ1) is 18.4. The number of aliphatic hydroxyl groups excluding tert-OH is 1. The number of nitrogens with zero attached hydrogens (tertiary/aromatic N) is 2. The van der Waals surface area contributed by atoms with Crippen LogP contribution in [0.15, 0.2) is 48.8 Å². The first-order valence-electron chi connectivity index (χ1n) is 8.71. The second-order valence-corrected chi connectivity index (χ2v) is 6.64. The number of carbonyl (C=O) groups excluding carboxylic acids is 1. The highest BCUT2D eigenvalue weighted by Crippen LogP contribution is 2.23. The van der Waals surface area contributed by atoms with E-state index in [2.05, 4.69) is 4.98 Å². The highest BCUT2D eigenvalue weighted by Gasteiger charge is 2.38. The van der Waals surface area contributed by atoms with Gasteiger partial charge in [0, 0.05) is 19.2 Å². The van der Waals surface area contributed by atoms with Gasteiger partial charge in [-0.3, -0.25) is 9.78 Å². The third-order valence-corrected chi connectivity index (χ3v) is 4.53. The van der Waals surface area contributed by atoms with Crippen LogP contribution in [-0.4, -0.2) is 59.4 Å². The molecule has 1 saturated heterocycles. The second-order valence-electron chi connectivity index (χ2n) is 6.64. The number of amides is 1. The van der Waals surface area contributed by atoms with Gasteiger partial charge in [-0.2, -0.15) is 0 Å². The van der Waals surface area contributed by atoms with E-state index in [0.29, 0.717) is 31.9 Å². The molecular formula is C20H24N2O4. The Hall–Kier alpha value is -2.44. The summed E-state index contributed by atoms with van der Waals surface area (Å²) in [5, 5.41) is 9.96. The smallest absolute Gasteiger partial charge is 0.260 e. The van der Waals surface area contributed by atoms with Crippen LogP contribution in [0.25, 0.3) is 0 Å². The lowest BCUT2D eigenvalue weighted by Crippen LogP contribution is -2.57. The van der Waals surface area contributed by atoms with Crippen molar-refractivity contribution in [2.75, 3.05) is 32.9 Å². The van der Waals surface area contributed by atoms with Gasteiger partial charge in [0.1, 0.15) is 11.4 Å². The van der Waals surface area contributed by atoms with Gasteiger partial charge < -0.3 is 19.5 Å². The molecule has 1 aliphatic heterocycles. The maximum absolute atomic E-state index is 12.5. The van der Waals surface area contributed by atoms with E-state index in [-0.39, 0.29) is 19.1 Å². The van der Waals surface area contributed by atoms with Gasteiger partial charge in [-0.15, -0.1) is 0 Å². The van der Waals surface area contributed by atoms with Crippen molar-refractivity contribution < 1.29 is 19.4 Å². The van der Waals surface area contributed by atoms with Gasteiger partial charge in [0.15, 0.2) is 6.61 Å². The van der Waals surface area contributed by atoms with Crippen LogP contribution in [-0.2, 0) is 16.0 Å². The lowest BCUT2D eigenvalue weighted by atomic mass is 9.92. The SMILES string of the molecule is Cc1ccc(C[C@@]2(CO)CN(C(=O)COc3cccnc3)CCO2)cc1. The number of pyridine rings is 1. The van der Waals surface area contributed by atoms with Crippen LogP contribution in [0.1, 0.15) is 11.1 Å². The zero-order valence-electron chi connectivity index (χ0n) is 14.9. The largest absolute Gasteiger partial charge is 0.482 e. The Bertz CT molecular complexity index is 720. The molecule has 1 aromatic carbocycles. The molecular weight excluding hydrogens is 332 g/mol. The van der Waals surface area contributed by atoms with Crippen LogP contribution in [0.5, 0.6) is 5.75 Å². The standard InChI is InChI=1S/C20H24N2O4/c1-16-4-6-17(7-5-16)11-20(15-23)14-22(9-10-26-20)19(24)13-25-18-3-2-8-21-12-18/h2-8,12,23H,9-11,13-15H2,1H3/t20-/m0/s1. The fourth-order valence-corrected chi connectivity index (χ4v) is 3.06. The summed E-state index contributed by atoms with van der Waals surface area (Å²) in [7, 11) is 0. The predicted octanol–water partition coefficient (Wildman–Crippen LogP) is 1.60. The molecule has 1 atom stereocenters. The molecule has 6 heteroatoms. The van der Waals surface area contributed by atoms with Gasteiger partial charge in [-0.25, -0.2) is 0 Å². The van der Waals surface area contributed by atoms with Crippen molar-refractivity contribution in [3.63, 3.8) is 0 Å². The number of ether oxygens (including phenoxy) is 2. The van der Waals surface area contributed by atoms with Crippen LogP contribution >= 0.6 is 0 Å². The van der Waals surface area contributed by atoms with Crippen molar-refractivity contribution in [2.45, 2.75) is 18.9 Å². The summed E-state index contributed by atoms with van der Waals surface area (Å²) in [6, 6.07) is 11.6. The lowest BCUT2D eigenvalue weighted by molar-refractivity contribution is -0.159. The maximum atomic E-state index is 12.5. The minimum Gasteiger partial charge on any atom is -0.482 e. The Balaban J connectivity index is 1.62. The van der Waals surface area contributed by atoms with Crippen molar-refractivity contribution in [1.29, 1.82) is 0 Å². The molecule has 1 N–H and O–H groups in total. The number of hydrogen-bond donors (Lipinski definition) is 1. The Labute approximate surface area is 153 Å². The molecule has 1 amide bonds. The van der Waals surface area contributed by atoms with E-state index in [1.165, 1.54) is 5.56 Å². The molecule has 2 heterocycles. The average Bonchev–Trinajstić information content (AvgIpc) is 2.69. The summed E-state index contributed by atoms with van der Waals surface area (Å²) >= 11 is 0. The monoisotopic (exact) mass is 356 g/mol. The summed E-state index contributed by atoms with van der Waals surface area (Å²) in [5.41, 5.74) is 1.48. The maximum Gasteiger partial charge on any atom is 0.260 e. The molecule has 0 unspecified atom stereocenters. The van der Waals surface area contributed by atoms with Crippen molar-refractivity contribution in [1.82, 2.24) is 9.88 Å². The molecule has 6 nitrogen and oxygen atoms in total. The van der Waals surface area contributed by atoms with E-state index < -0.39 is 5.60 Å². The zero-order valence-corrected chi connectivity index (χ0v) is 14.9. The predicted molar refractivity (Wildman–Crippen MR) is 97.0 cm³/mol. The number of carbonyl (C=O) groups is 1. The van der Waals surface area contributed by atoms with Gasteiger partial charge in [0.2, 0.25) is 0 Å². The van der Waals surface area contributed by atoms with E-state index in [4.69, 9.17) is 9.47 Å². The molecule has 1 aromatic heterocycles. The van der Waals surface area contributed by atoms with Gasteiger partial charge in [0.05, 0.1) is 26.0 Å². The Morgan fingerprint density at radius 3 is 2.85 bits per heavy atom. The first-order valence-corrected chi connectivity index (χ1v) is 8.71. The van der Waals surface area contributed by atoms with Crippen molar-refractivity contribution in [2.24, 2.45) is 0 Å². The van der Waals surface area contributed by atoms with Gasteiger partial charge in [-0.05, 0) is 24.6 Å². The number of aromatic nitrogens is 1. The molecule has 138 valence electrons. The molecule has 1 aliphatic rings. The quantitative estimate of drug-likeness (QED) is 0.851. The normalized spacial score (nSPS) is 20.0. The van der Waals surface area contributed by atoms with E-state index in [1.807, 2.05) is 31.2 Å². The van der Waals surface area contributed by atoms with Crippen LogP contribution in [0.4, 0.5) is 0 Å². The molecule has 2 aromatic rings. The highest BCUT2D eigenvalue weighted by atomic mass is 16.5. The molecule has 3 rings (SSSR count). The minimum absolute atomic E-state index is 0.0578. The minimum atomic E-state index is -0.780. The van der Waals surface area contributed by atoms with E-state index in [0.717, 1.165) is 5.56 Å². The van der Waals surface area contributed by atoms with Crippen LogP contribution in [0.3, 0.4) is 0 Å². The fraction of sp³-hybridized carbons (Fsp3) is 0.400. The molecule has 0 radical (unpaired) electrons. The Morgan fingerprint density at radius 2 is 2.15 bits per heavy atom. The lowest BCUT2D eigenvalue weighted by Gasteiger charge is -2.41. The van der Waals surface area contributed by atoms with Crippen LogP contribution in [0.2, 0.25) is 0 Å². The van der Waals surface area contributed by atoms with Crippen molar-refractivity contribution >= 4 is 5.91 Å². The highest BCUT2D eigenvalue weighted by molar-refractivity contribution is 5.78. The molecule has 0 spiro atoms. The number of rotatable bonds is 6. The molecule has 26 heavy (non-hydrogen) atoms. The first-order chi connectivity index (χ1) is 12.6. The molecule has 0 bridgehead atoms. The van der Waals surface area contributed by atoms with E-state index >= 15 is 0 Å². The number of benzene rings is 1. The Morgan fingerprint density at radius 1 is 1.35 bits per heavy atom. The number of aryl methyl sites for hydroxylation is 1. The van der Waals surface area contributed by atoms with Crippen molar-refractivity contribution in [3.8, 4) is 5.75 Å². The summed E-state index contributed by atoms with van der Waals surface area (Å²) in [6.07, 6.45) is 3.77. The molecule has 1 fully saturated rings. The third kappa shape index (κ3) is 4.59. The van der Waals surface area contributed by atoms with Crippen molar-refractivity contribution in [3.05, 3.63) is 59.9 Å². The molecule has 0 aliphatic carbocycles. The van der Waals surface area contributed by atoms with Crippen LogP contribution < -0.4 is 4.74 Å². The summed E-state index contributed by atoms with van der Waals surface area (Å²) in [6.45, 7) is 3.06. The summed E-state index contributed by atoms with van der Waals surface area (Å²) in [5.74, 6) is 0.432. The second kappa shape index (κ2) is 8.29. The topological polar surface area (TPSA) is 71.9 Å². The van der Waals surface area contributed by atoms with Gasteiger partial charge in [-0.1, -0.05) is 29.8 Å². The van der Waals surface area contributed by atoms with Gasteiger partial charge in [0.25, 0.3) is 5.91 Å². The zero-order chi connectivity index (χ0) is 18.4. The van der Waals surface area contributed by atoms with Gasteiger partial charge >= 0.3 is 0 Å². The van der Waals surface area contributed by atoms with Crippen LogP contribution in [0, 0.1) is 6.92 Å².